The molecule has 2 aromatic rings. The first kappa shape index (κ1) is 15.3. The second-order valence-corrected chi connectivity index (χ2v) is 7.35. The molecule has 0 saturated heterocycles. The highest BCUT2D eigenvalue weighted by atomic mass is 79.9. The summed E-state index contributed by atoms with van der Waals surface area (Å²) in [6, 6.07) is 5.93. The number of halogens is 4. The Morgan fingerprint density at radius 2 is 1.80 bits per heavy atom. The molecule has 20 heavy (non-hydrogen) atoms. The Labute approximate surface area is 125 Å². The molecule has 1 N–H and O–H groups in total. The van der Waals surface area contributed by atoms with Crippen LogP contribution >= 0.6 is 27.3 Å². The normalized spacial score (nSPS) is 12.4. The second-order valence-electron chi connectivity index (χ2n) is 3.70. The van der Waals surface area contributed by atoms with Crippen LogP contribution in [0, 0.1) is 0 Å². The molecular formula is C11H7BrF3NO2S2. The van der Waals surface area contributed by atoms with Crippen LogP contribution < -0.4 is 4.72 Å². The van der Waals surface area contributed by atoms with E-state index in [2.05, 4.69) is 15.9 Å². The van der Waals surface area contributed by atoms with E-state index in [-0.39, 0.29) is 4.21 Å². The predicted octanol–water partition coefficient (Wildman–Crippen LogP) is 4.33. The minimum absolute atomic E-state index is 0.0746. The Morgan fingerprint density at radius 1 is 1.15 bits per heavy atom. The number of thiophene rings is 1. The molecule has 1 aromatic heterocycles. The summed E-state index contributed by atoms with van der Waals surface area (Å²) in [5, 5.41) is 1.52. The van der Waals surface area contributed by atoms with Gasteiger partial charge in [-0.2, -0.15) is 13.2 Å². The topological polar surface area (TPSA) is 46.2 Å². The van der Waals surface area contributed by atoms with Gasteiger partial charge < -0.3 is 0 Å². The van der Waals surface area contributed by atoms with E-state index < -0.39 is 27.5 Å². The van der Waals surface area contributed by atoms with E-state index in [0.717, 1.165) is 23.5 Å². The third-order valence-corrected chi connectivity index (χ3v) is 6.34. The first-order valence-electron chi connectivity index (χ1n) is 5.14. The maximum Gasteiger partial charge on any atom is 0.418 e. The molecule has 2 rings (SSSR count). The van der Waals surface area contributed by atoms with Crippen LogP contribution in [-0.2, 0) is 16.2 Å². The van der Waals surface area contributed by atoms with Crippen LogP contribution in [0.15, 0.2) is 44.4 Å². The predicted molar refractivity (Wildman–Crippen MR) is 74.3 cm³/mol. The number of benzene rings is 1. The van der Waals surface area contributed by atoms with Crippen LogP contribution in [0.25, 0.3) is 0 Å². The molecule has 0 aliphatic heterocycles. The third-order valence-electron chi connectivity index (χ3n) is 2.31. The highest BCUT2D eigenvalue weighted by Gasteiger charge is 2.34. The summed E-state index contributed by atoms with van der Waals surface area (Å²) in [6.07, 6.45) is -4.63. The van der Waals surface area contributed by atoms with Gasteiger partial charge in [-0.3, -0.25) is 4.72 Å². The highest BCUT2D eigenvalue weighted by molar-refractivity contribution is 9.10. The zero-order valence-electron chi connectivity index (χ0n) is 9.61. The monoisotopic (exact) mass is 385 g/mol. The number of hydrogen-bond acceptors (Lipinski definition) is 3. The summed E-state index contributed by atoms with van der Waals surface area (Å²) in [4.78, 5) is 0. The lowest BCUT2D eigenvalue weighted by Gasteiger charge is -2.14. The van der Waals surface area contributed by atoms with Crippen LogP contribution in [0.4, 0.5) is 18.9 Å². The van der Waals surface area contributed by atoms with E-state index in [1.54, 1.807) is 0 Å². The molecule has 0 spiro atoms. The van der Waals surface area contributed by atoms with Crippen molar-refractivity contribution in [1.82, 2.24) is 0 Å². The minimum Gasteiger partial charge on any atom is -0.278 e. The second kappa shape index (κ2) is 5.38. The third kappa shape index (κ3) is 3.15. The lowest BCUT2D eigenvalue weighted by molar-refractivity contribution is -0.136. The number of anilines is 1. The number of alkyl halides is 3. The quantitative estimate of drug-likeness (QED) is 0.854. The van der Waals surface area contributed by atoms with Crippen LogP contribution in [0.3, 0.4) is 0 Å². The van der Waals surface area contributed by atoms with Gasteiger partial charge in [0.05, 0.1) is 11.3 Å². The molecule has 0 unspecified atom stereocenters. The summed E-state index contributed by atoms with van der Waals surface area (Å²) < 4.78 is 64.7. The highest BCUT2D eigenvalue weighted by Crippen LogP contribution is 2.36. The van der Waals surface area contributed by atoms with Crippen LogP contribution in [0.2, 0.25) is 0 Å². The number of hydrogen-bond donors (Lipinski definition) is 1. The molecule has 9 heteroatoms. The smallest absolute Gasteiger partial charge is 0.278 e. The summed E-state index contributed by atoms with van der Waals surface area (Å²) >= 11 is 3.95. The van der Waals surface area contributed by atoms with E-state index in [9.17, 15) is 21.6 Å². The van der Waals surface area contributed by atoms with Crippen LogP contribution in [-0.4, -0.2) is 8.42 Å². The number of nitrogens with one attached hydrogen (secondary N) is 1. The molecule has 1 aromatic carbocycles. The van der Waals surface area contributed by atoms with Gasteiger partial charge in [0.15, 0.2) is 4.21 Å². The van der Waals surface area contributed by atoms with Crippen molar-refractivity contribution in [2.24, 2.45) is 0 Å². The fraction of sp³-hybridized carbons (Fsp3) is 0.0909. The van der Waals surface area contributed by atoms with Gasteiger partial charge in [0, 0.05) is 4.47 Å². The van der Waals surface area contributed by atoms with Crippen molar-refractivity contribution in [3.05, 3.63) is 45.7 Å². The first-order chi connectivity index (χ1) is 9.22. The average Bonchev–Trinajstić information content (AvgIpc) is 2.75. The Balaban J connectivity index is 2.44. The maximum absolute atomic E-state index is 12.8. The standard InChI is InChI=1S/C11H7BrF3NO2S2/c12-8-5-6-19-10(8)20(17,18)16-9-4-2-1-3-7(9)11(13,14)15/h1-6,16H. The molecule has 3 nitrogen and oxygen atoms in total. The molecule has 1 heterocycles. The van der Waals surface area contributed by atoms with Crippen molar-refractivity contribution in [2.75, 3.05) is 4.72 Å². The number of sulfonamides is 1. The van der Waals surface area contributed by atoms with Crippen molar-refractivity contribution < 1.29 is 21.6 Å². The molecule has 0 fully saturated rings. The lowest BCUT2D eigenvalue weighted by atomic mass is 10.2. The Hall–Kier alpha value is -1.06. The molecular weight excluding hydrogens is 379 g/mol. The van der Waals surface area contributed by atoms with Crippen molar-refractivity contribution in [2.45, 2.75) is 10.4 Å². The van der Waals surface area contributed by atoms with Crippen molar-refractivity contribution in [3.63, 3.8) is 0 Å². The van der Waals surface area contributed by atoms with Gasteiger partial charge in [0.2, 0.25) is 0 Å². The molecule has 0 amide bonds. The number of rotatable bonds is 3. The van der Waals surface area contributed by atoms with Crippen molar-refractivity contribution >= 4 is 43.0 Å². The Bertz CT molecular complexity index is 725. The molecule has 0 aliphatic rings. The van der Waals surface area contributed by atoms with Gasteiger partial charge in [-0.05, 0) is 39.5 Å². The zero-order valence-corrected chi connectivity index (χ0v) is 12.8. The van der Waals surface area contributed by atoms with Crippen molar-refractivity contribution in [1.29, 1.82) is 0 Å². The first-order valence-corrected chi connectivity index (χ1v) is 8.29. The van der Waals surface area contributed by atoms with Gasteiger partial charge in [-0.15, -0.1) is 11.3 Å². The maximum atomic E-state index is 12.8. The van der Waals surface area contributed by atoms with Crippen LogP contribution in [0.5, 0.6) is 0 Å². The lowest BCUT2D eigenvalue weighted by Crippen LogP contribution is -2.16. The van der Waals surface area contributed by atoms with Gasteiger partial charge in [-0.25, -0.2) is 8.42 Å². The summed E-state index contributed by atoms with van der Waals surface area (Å²) in [7, 11) is -4.06. The van der Waals surface area contributed by atoms with E-state index in [1.165, 1.54) is 23.6 Å². The molecule has 0 saturated carbocycles. The fourth-order valence-electron chi connectivity index (χ4n) is 1.48. The Kier molecular flexibility index (Phi) is 4.12. The molecule has 0 aliphatic carbocycles. The van der Waals surface area contributed by atoms with Gasteiger partial charge in [0.1, 0.15) is 0 Å². The Morgan fingerprint density at radius 3 is 2.35 bits per heavy atom. The van der Waals surface area contributed by atoms with E-state index in [1.807, 2.05) is 4.72 Å². The largest absolute Gasteiger partial charge is 0.418 e. The van der Waals surface area contributed by atoms with Gasteiger partial charge >= 0.3 is 6.18 Å². The van der Waals surface area contributed by atoms with Crippen molar-refractivity contribution in [3.8, 4) is 0 Å². The minimum atomic E-state index is -4.63. The molecule has 0 radical (unpaired) electrons. The molecule has 0 bridgehead atoms. The van der Waals surface area contributed by atoms with E-state index >= 15 is 0 Å². The van der Waals surface area contributed by atoms with E-state index in [0.29, 0.717) is 4.47 Å². The average molecular weight is 386 g/mol. The summed E-state index contributed by atoms with van der Waals surface area (Å²) in [5.41, 5.74) is -1.53. The zero-order chi connectivity index (χ0) is 15.0. The molecule has 0 atom stereocenters. The number of para-hydroxylation sites is 1. The molecule has 108 valence electrons. The fourth-order valence-corrected chi connectivity index (χ4v) is 4.90. The van der Waals surface area contributed by atoms with Crippen LogP contribution in [0.1, 0.15) is 5.56 Å². The van der Waals surface area contributed by atoms with E-state index in [4.69, 9.17) is 0 Å². The van der Waals surface area contributed by atoms with Gasteiger partial charge in [0.25, 0.3) is 10.0 Å². The van der Waals surface area contributed by atoms with Gasteiger partial charge in [-0.1, -0.05) is 12.1 Å². The SMILES string of the molecule is O=S(=O)(Nc1ccccc1C(F)(F)F)c1sccc1Br. The summed E-state index contributed by atoms with van der Waals surface area (Å²) in [5.74, 6) is 0. The summed E-state index contributed by atoms with van der Waals surface area (Å²) in [6.45, 7) is 0.